The van der Waals surface area contributed by atoms with E-state index < -0.39 is 0 Å². The molecule has 4 heteroatoms. The van der Waals surface area contributed by atoms with E-state index in [4.69, 9.17) is 4.74 Å². The summed E-state index contributed by atoms with van der Waals surface area (Å²) >= 11 is 0. The van der Waals surface area contributed by atoms with Crippen LogP contribution in [0.3, 0.4) is 0 Å². The van der Waals surface area contributed by atoms with Gasteiger partial charge < -0.3 is 4.74 Å². The Kier molecular flexibility index (Phi) is 3.81. The van der Waals surface area contributed by atoms with Crippen LogP contribution in [-0.2, 0) is 11.2 Å². The van der Waals surface area contributed by atoms with E-state index in [0.29, 0.717) is 18.6 Å². The third-order valence-corrected chi connectivity index (χ3v) is 2.25. The number of rotatable bonds is 4. The van der Waals surface area contributed by atoms with Crippen LogP contribution in [0.4, 0.5) is 0 Å². The fraction of sp³-hybridized carbons (Fsp3) is 0.154. The number of hydrogen-bond donors (Lipinski definition) is 0. The van der Waals surface area contributed by atoms with Crippen LogP contribution in [0.1, 0.15) is 15.9 Å². The molecule has 1 aromatic carbocycles. The van der Waals surface area contributed by atoms with E-state index in [1.165, 1.54) is 6.33 Å². The molecule has 0 aliphatic rings. The zero-order chi connectivity index (χ0) is 11.9. The second kappa shape index (κ2) is 5.75. The Labute approximate surface area is 99.3 Å². The standard InChI is InChI=1S/C13H12N2O2/c16-13(12-4-2-1-3-5-12)17-7-6-11-8-14-10-15-9-11/h1-5,8-10H,6-7H2. The lowest BCUT2D eigenvalue weighted by Gasteiger charge is -2.04. The molecule has 1 aromatic heterocycles. The van der Waals surface area contributed by atoms with Gasteiger partial charge in [-0.2, -0.15) is 0 Å². The minimum Gasteiger partial charge on any atom is -0.462 e. The molecule has 0 aliphatic heterocycles. The molecular formula is C13H12N2O2. The molecule has 0 bridgehead atoms. The summed E-state index contributed by atoms with van der Waals surface area (Å²) < 4.78 is 5.14. The number of benzene rings is 1. The second-order valence-corrected chi connectivity index (χ2v) is 3.50. The van der Waals surface area contributed by atoms with Crippen LogP contribution in [0.25, 0.3) is 0 Å². The quantitative estimate of drug-likeness (QED) is 0.750. The molecule has 0 amide bonds. The minimum atomic E-state index is -0.303. The SMILES string of the molecule is O=C(OCCc1cncnc1)c1ccccc1. The molecule has 0 N–H and O–H groups in total. The Morgan fingerprint density at radius 3 is 2.53 bits per heavy atom. The van der Waals surface area contributed by atoms with Crippen molar-refractivity contribution in [2.45, 2.75) is 6.42 Å². The molecular weight excluding hydrogens is 216 g/mol. The average molecular weight is 228 g/mol. The summed E-state index contributed by atoms with van der Waals surface area (Å²) in [4.78, 5) is 19.4. The normalized spacial score (nSPS) is 9.88. The summed E-state index contributed by atoms with van der Waals surface area (Å²) in [5.41, 5.74) is 1.52. The summed E-state index contributed by atoms with van der Waals surface area (Å²) in [6.07, 6.45) is 5.52. The van der Waals surface area contributed by atoms with Gasteiger partial charge in [-0.1, -0.05) is 18.2 Å². The summed E-state index contributed by atoms with van der Waals surface area (Å²) in [5.74, 6) is -0.303. The Bertz CT molecular complexity index is 471. The number of carbonyl (C=O) groups is 1. The average Bonchev–Trinajstić information content (AvgIpc) is 2.41. The second-order valence-electron chi connectivity index (χ2n) is 3.50. The maximum Gasteiger partial charge on any atom is 0.338 e. The Morgan fingerprint density at radius 2 is 1.82 bits per heavy atom. The molecule has 0 aliphatic carbocycles. The first-order chi connectivity index (χ1) is 8.36. The highest BCUT2D eigenvalue weighted by Gasteiger charge is 2.05. The Morgan fingerprint density at radius 1 is 1.12 bits per heavy atom. The molecule has 17 heavy (non-hydrogen) atoms. The summed E-state index contributed by atoms with van der Waals surface area (Å²) in [6, 6.07) is 8.93. The molecule has 0 atom stereocenters. The van der Waals surface area contributed by atoms with Gasteiger partial charge in [0.05, 0.1) is 12.2 Å². The number of aromatic nitrogens is 2. The van der Waals surface area contributed by atoms with Crippen molar-refractivity contribution in [1.82, 2.24) is 9.97 Å². The van der Waals surface area contributed by atoms with Gasteiger partial charge in [0.1, 0.15) is 6.33 Å². The fourth-order valence-electron chi connectivity index (χ4n) is 1.38. The molecule has 0 saturated carbocycles. The first-order valence-electron chi connectivity index (χ1n) is 5.32. The van der Waals surface area contributed by atoms with Crippen LogP contribution in [0.2, 0.25) is 0 Å². The molecule has 0 spiro atoms. The Balaban J connectivity index is 1.82. The van der Waals surface area contributed by atoms with Crippen LogP contribution in [0, 0.1) is 0 Å². The van der Waals surface area contributed by atoms with Gasteiger partial charge in [-0.25, -0.2) is 14.8 Å². The maximum absolute atomic E-state index is 11.6. The minimum absolute atomic E-state index is 0.303. The van der Waals surface area contributed by atoms with Crippen molar-refractivity contribution in [1.29, 1.82) is 0 Å². The van der Waals surface area contributed by atoms with Gasteiger partial charge in [0.25, 0.3) is 0 Å². The molecule has 2 rings (SSSR count). The topological polar surface area (TPSA) is 52.1 Å². The molecule has 4 nitrogen and oxygen atoms in total. The zero-order valence-electron chi connectivity index (χ0n) is 9.24. The highest BCUT2D eigenvalue weighted by atomic mass is 16.5. The molecule has 0 saturated heterocycles. The molecule has 2 aromatic rings. The first-order valence-corrected chi connectivity index (χ1v) is 5.32. The van der Waals surface area contributed by atoms with Crippen LogP contribution in [0.15, 0.2) is 49.1 Å². The van der Waals surface area contributed by atoms with Gasteiger partial charge in [-0.3, -0.25) is 0 Å². The number of nitrogens with zero attached hydrogens (tertiary/aromatic N) is 2. The highest BCUT2D eigenvalue weighted by Crippen LogP contribution is 2.02. The van der Waals surface area contributed by atoms with Gasteiger partial charge in [0, 0.05) is 18.8 Å². The monoisotopic (exact) mass is 228 g/mol. The predicted octanol–water partition coefficient (Wildman–Crippen LogP) is 1.88. The number of esters is 1. The number of ether oxygens (including phenoxy) is 1. The van der Waals surface area contributed by atoms with Crippen molar-refractivity contribution in [2.24, 2.45) is 0 Å². The van der Waals surface area contributed by atoms with E-state index in [1.807, 2.05) is 18.2 Å². The number of hydrogen-bond acceptors (Lipinski definition) is 4. The largest absolute Gasteiger partial charge is 0.462 e. The van der Waals surface area contributed by atoms with Gasteiger partial charge in [-0.15, -0.1) is 0 Å². The van der Waals surface area contributed by atoms with Gasteiger partial charge >= 0.3 is 5.97 Å². The summed E-state index contributed by atoms with van der Waals surface area (Å²) in [6.45, 7) is 0.334. The third kappa shape index (κ3) is 3.38. The number of carbonyl (C=O) groups excluding carboxylic acids is 1. The van der Waals surface area contributed by atoms with Crippen molar-refractivity contribution in [3.63, 3.8) is 0 Å². The van der Waals surface area contributed by atoms with E-state index in [0.717, 1.165) is 5.56 Å². The summed E-state index contributed by atoms with van der Waals surface area (Å²) in [7, 11) is 0. The zero-order valence-corrected chi connectivity index (χ0v) is 9.24. The molecule has 86 valence electrons. The lowest BCUT2D eigenvalue weighted by Crippen LogP contribution is -2.08. The van der Waals surface area contributed by atoms with E-state index in [9.17, 15) is 4.79 Å². The predicted molar refractivity (Wildman–Crippen MR) is 62.5 cm³/mol. The smallest absolute Gasteiger partial charge is 0.338 e. The van der Waals surface area contributed by atoms with Crippen molar-refractivity contribution in [2.75, 3.05) is 6.61 Å². The third-order valence-electron chi connectivity index (χ3n) is 2.25. The van der Waals surface area contributed by atoms with Crippen molar-refractivity contribution >= 4 is 5.97 Å². The Hall–Kier alpha value is -2.23. The first kappa shape index (κ1) is 11.3. The van der Waals surface area contributed by atoms with E-state index >= 15 is 0 Å². The van der Waals surface area contributed by atoms with Crippen molar-refractivity contribution < 1.29 is 9.53 Å². The van der Waals surface area contributed by atoms with Crippen LogP contribution in [-0.4, -0.2) is 22.5 Å². The highest BCUT2D eigenvalue weighted by molar-refractivity contribution is 5.89. The van der Waals surface area contributed by atoms with Crippen LogP contribution in [0.5, 0.6) is 0 Å². The van der Waals surface area contributed by atoms with Gasteiger partial charge in [0.2, 0.25) is 0 Å². The molecule has 1 heterocycles. The van der Waals surface area contributed by atoms with Crippen molar-refractivity contribution in [3.05, 3.63) is 60.2 Å². The molecule has 0 fully saturated rings. The van der Waals surface area contributed by atoms with Crippen LogP contribution < -0.4 is 0 Å². The molecule has 0 unspecified atom stereocenters. The van der Waals surface area contributed by atoms with E-state index in [2.05, 4.69) is 9.97 Å². The lowest BCUT2D eigenvalue weighted by molar-refractivity contribution is 0.0509. The summed E-state index contributed by atoms with van der Waals surface area (Å²) in [5, 5.41) is 0. The lowest BCUT2D eigenvalue weighted by atomic mass is 10.2. The van der Waals surface area contributed by atoms with E-state index in [1.54, 1.807) is 24.5 Å². The fourth-order valence-corrected chi connectivity index (χ4v) is 1.38. The van der Waals surface area contributed by atoms with Crippen molar-refractivity contribution in [3.8, 4) is 0 Å². The maximum atomic E-state index is 11.6. The van der Waals surface area contributed by atoms with Gasteiger partial charge in [0.15, 0.2) is 0 Å². The van der Waals surface area contributed by atoms with E-state index in [-0.39, 0.29) is 5.97 Å². The molecule has 0 radical (unpaired) electrons. The van der Waals surface area contributed by atoms with Gasteiger partial charge in [-0.05, 0) is 17.7 Å². The van der Waals surface area contributed by atoms with Crippen LogP contribution >= 0.6 is 0 Å².